The van der Waals surface area contributed by atoms with E-state index in [1.807, 2.05) is 30.3 Å². The number of phenols is 1. The normalized spacial score (nSPS) is 17.3. The van der Waals surface area contributed by atoms with Crippen LogP contribution in [0.2, 0.25) is 0 Å². The van der Waals surface area contributed by atoms with Crippen molar-refractivity contribution in [2.75, 3.05) is 0 Å². The average Bonchev–Trinajstić information content (AvgIpc) is 2.88. The van der Waals surface area contributed by atoms with Crippen molar-refractivity contribution >= 4 is 16.9 Å². The van der Waals surface area contributed by atoms with Crippen molar-refractivity contribution in [1.82, 2.24) is 0 Å². The Morgan fingerprint density at radius 3 is 2.37 bits per heavy atom. The number of isocyanates is 1. The van der Waals surface area contributed by atoms with Crippen LogP contribution in [0.3, 0.4) is 0 Å². The summed E-state index contributed by atoms with van der Waals surface area (Å²) in [5.74, 6) is 0.222. The van der Waals surface area contributed by atoms with E-state index >= 15 is 0 Å². The zero-order valence-electron chi connectivity index (χ0n) is 10.6. The molecular formula is C16H15NO2. The van der Waals surface area contributed by atoms with Crippen LogP contribution in [-0.2, 0) is 10.3 Å². The molecule has 0 bridgehead atoms. The summed E-state index contributed by atoms with van der Waals surface area (Å²) in [7, 11) is 0. The second-order valence-corrected chi connectivity index (χ2v) is 5.16. The minimum absolute atomic E-state index is 0.222. The molecule has 19 heavy (non-hydrogen) atoms. The summed E-state index contributed by atoms with van der Waals surface area (Å²) in [6.45, 7) is 0. The van der Waals surface area contributed by atoms with Gasteiger partial charge in [0.2, 0.25) is 6.08 Å². The fourth-order valence-corrected chi connectivity index (χ4v) is 3.09. The number of aromatic hydroxyl groups is 1. The molecule has 0 heterocycles. The van der Waals surface area contributed by atoms with Gasteiger partial charge in [-0.15, -0.1) is 0 Å². The number of hydrogen-bond acceptors (Lipinski definition) is 3. The zero-order chi connectivity index (χ0) is 13.3. The molecule has 0 aromatic heterocycles. The van der Waals surface area contributed by atoms with Gasteiger partial charge in [0.25, 0.3) is 0 Å². The van der Waals surface area contributed by atoms with Gasteiger partial charge in [0, 0.05) is 5.56 Å². The van der Waals surface area contributed by atoms with Crippen molar-refractivity contribution in [2.45, 2.75) is 31.2 Å². The van der Waals surface area contributed by atoms with Gasteiger partial charge in [0.15, 0.2) is 0 Å². The minimum atomic E-state index is -0.574. The summed E-state index contributed by atoms with van der Waals surface area (Å²) in [5.41, 5.74) is 0.183. The van der Waals surface area contributed by atoms with Gasteiger partial charge in [-0.25, -0.2) is 4.79 Å². The fourth-order valence-electron chi connectivity index (χ4n) is 3.09. The number of aliphatic imine (C=N–C) groups is 1. The maximum Gasteiger partial charge on any atom is 0.235 e. The Hall–Kier alpha value is -2.12. The van der Waals surface area contributed by atoms with Crippen LogP contribution in [-0.4, -0.2) is 11.2 Å². The van der Waals surface area contributed by atoms with Gasteiger partial charge >= 0.3 is 0 Å². The highest BCUT2D eigenvalue weighted by molar-refractivity contribution is 5.85. The molecule has 3 heteroatoms. The van der Waals surface area contributed by atoms with Gasteiger partial charge in [-0.2, -0.15) is 4.99 Å². The van der Waals surface area contributed by atoms with Crippen molar-refractivity contribution in [3.63, 3.8) is 0 Å². The van der Waals surface area contributed by atoms with Crippen molar-refractivity contribution in [3.8, 4) is 5.75 Å². The lowest BCUT2D eigenvalue weighted by Crippen LogP contribution is -2.19. The second kappa shape index (κ2) is 4.52. The fraction of sp³-hybridized carbons (Fsp3) is 0.312. The van der Waals surface area contributed by atoms with Crippen LogP contribution in [0.15, 0.2) is 41.4 Å². The van der Waals surface area contributed by atoms with Crippen molar-refractivity contribution in [3.05, 3.63) is 42.0 Å². The number of phenolic OH excluding ortho intramolecular Hbond substituents is 1. The first kappa shape index (κ1) is 11.9. The maximum absolute atomic E-state index is 10.7. The summed E-state index contributed by atoms with van der Waals surface area (Å²) >= 11 is 0. The molecule has 0 atom stereocenters. The van der Waals surface area contributed by atoms with Crippen LogP contribution in [0.5, 0.6) is 5.75 Å². The molecule has 1 aliphatic rings. The first-order valence-electron chi connectivity index (χ1n) is 6.56. The van der Waals surface area contributed by atoms with E-state index in [2.05, 4.69) is 4.99 Å². The van der Waals surface area contributed by atoms with Gasteiger partial charge in [0.1, 0.15) is 11.3 Å². The molecule has 0 radical (unpaired) electrons. The number of benzene rings is 2. The molecule has 1 N–H and O–H groups in total. The summed E-state index contributed by atoms with van der Waals surface area (Å²) in [6.07, 6.45) is 5.34. The Kier molecular flexibility index (Phi) is 2.84. The van der Waals surface area contributed by atoms with Crippen LogP contribution < -0.4 is 0 Å². The largest absolute Gasteiger partial charge is 0.508 e. The lowest BCUT2D eigenvalue weighted by molar-refractivity contribution is 0.409. The maximum atomic E-state index is 10.7. The highest BCUT2D eigenvalue weighted by Gasteiger charge is 2.37. The average molecular weight is 253 g/mol. The van der Waals surface area contributed by atoms with E-state index in [0.29, 0.717) is 0 Å². The lowest BCUT2D eigenvalue weighted by atomic mass is 9.86. The van der Waals surface area contributed by atoms with Crippen LogP contribution in [0, 0.1) is 0 Å². The third kappa shape index (κ3) is 1.92. The first-order valence-corrected chi connectivity index (χ1v) is 6.56. The molecule has 2 aromatic rings. The Morgan fingerprint density at radius 2 is 1.74 bits per heavy atom. The van der Waals surface area contributed by atoms with Crippen LogP contribution in [0.4, 0.5) is 0 Å². The van der Waals surface area contributed by atoms with E-state index in [1.165, 1.54) is 0 Å². The predicted molar refractivity (Wildman–Crippen MR) is 73.9 cm³/mol. The van der Waals surface area contributed by atoms with E-state index < -0.39 is 5.54 Å². The lowest BCUT2D eigenvalue weighted by Gasteiger charge is -2.24. The van der Waals surface area contributed by atoms with E-state index in [-0.39, 0.29) is 5.75 Å². The van der Waals surface area contributed by atoms with Gasteiger partial charge in [-0.05, 0) is 35.7 Å². The van der Waals surface area contributed by atoms with Crippen molar-refractivity contribution in [1.29, 1.82) is 0 Å². The number of nitrogens with zero attached hydrogens (tertiary/aromatic N) is 1. The summed E-state index contributed by atoms with van der Waals surface area (Å²) in [4.78, 5) is 14.8. The zero-order valence-corrected chi connectivity index (χ0v) is 10.6. The van der Waals surface area contributed by atoms with Crippen LogP contribution >= 0.6 is 0 Å². The third-order valence-electron chi connectivity index (χ3n) is 4.06. The molecule has 1 saturated carbocycles. The molecule has 96 valence electrons. The highest BCUT2D eigenvalue weighted by atomic mass is 16.3. The molecule has 0 unspecified atom stereocenters. The molecule has 0 spiro atoms. The SMILES string of the molecule is O=C=NC1(c2cc3ccccc3cc2O)CCCC1. The summed E-state index contributed by atoms with van der Waals surface area (Å²) in [5, 5.41) is 12.3. The first-order chi connectivity index (χ1) is 9.25. The molecule has 2 aromatic carbocycles. The molecule has 1 aliphatic carbocycles. The summed E-state index contributed by atoms with van der Waals surface area (Å²) in [6, 6.07) is 11.6. The Labute approximate surface area is 111 Å². The Morgan fingerprint density at radius 1 is 1.11 bits per heavy atom. The Balaban J connectivity index is 2.23. The standard InChI is InChI=1S/C16H15NO2/c18-11-17-16(7-3-4-8-16)14-9-12-5-1-2-6-13(12)10-15(14)19/h1-2,5-6,9-10,19H,3-4,7-8H2. The van der Waals surface area contributed by atoms with Crippen LogP contribution in [0.1, 0.15) is 31.2 Å². The van der Waals surface area contributed by atoms with Crippen molar-refractivity contribution in [2.24, 2.45) is 4.99 Å². The van der Waals surface area contributed by atoms with Gasteiger partial charge < -0.3 is 5.11 Å². The molecule has 0 amide bonds. The van der Waals surface area contributed by atoms with E-state index in [4.69, 9.17) is 0 Å². The van der Waals surface area contributed by atoms with E-state index in [9.17, 15) is 9.90 Å². The monoisotopic (exact) mass is 253 g/mol. The Bertz CT molecular complexity index is 666. The van der Waals surface area contributed by atoms with Gasteiger partial charge in [-0.1, -0.05) is 37.1 Å². The van der Waals surface area contributed by atoms with Crippen LogP contribution in [0.25, 0.3) is 10.8 Å². The topological polar surface area (TPSA) is 49.7 Å². The molecule has 3 nitrogen and oxygen atoms in total. The van der Waals surface area contributed by atoms with E-state index in [1.54, 1.807) is 12.1 Å². The second-order valence-electron chi connectivity index (χ2n) is 5.16. The van der Waals surface area contributed by atoms with Gasteiger partial charge in [-0.3, -0.25) is 0 Å². The quantitative estimate of drug-likeness (QED) is 0.656. The molecule has 1 fully saturated rings. The molecular weight excluding hydrogens is 238 g/mol. The smallest absolute Gasteiger partial charge is 0.235 e. The van der Waals surface area contributed by atoms with E-state index in [0.717, 1.165) is 42.0 Å². The molecule has 0 saturated heterocycles. The predicted octanol–water partition coefficient (Wildman–Crippen LogP) is 3.65. The van der Waals surface area contributed by atoms with Crippen molar-refractivity contribution < 1.29 is 9.90 Å². The minimum Gasteiger partial charge on any atom is -0.508 e. The van der Waals surface area contributed by atoms with Gasteiger partial charge in [0.05, 0.1) is 0 Å². The highest BCUT2D eigenvalue weighted by Crippen LogP contribution is 2.46. The number of rotatable bonds is 2. The number of fused-ring (bicyclic) bond motifs is 1. The molecule has 3 rings (SSSR count). The number of hydrogen-bond donors (Lipinski definition) is 1. The number of carbonyl (C=O) groups excluding carboxylic acids is 1. The summed E-state index contributed by atoms with van der Waals surface area (Å²) < 4.78 is 0. The molecule has 0 aliphatic heterocycles. The third-order valence-corrected chi connectivity index (χ3v) is 4.06.